The smallest absolute Gasteiger partial charge is 0.264 e. The van der Waals surface area contributed by atoms with Crippen LogP contribution in [0.25, 0.3) is 0 Å². The molecule has 0 saturated carbocycles. The molecule has 0 aliphatic heterocycles. The lowest BCUT2D eigenvalue weighted by molar-refractivity contribution is 0.0940. The Balaban J connectivity index is 1.60. The van der Waals surface area contributed by atoms with Crippen LogP contribution >= 0.6 is 11.6 Å². The van der Waals surface area contributed by atoms with Crippen LogP contribution in [-0.2, 0) is 16.6 Å². The first-order valence-electron chi connectivity index (χ1n) is 11.5. The van der Waals surface area contributed by atoms with Gasteiger partial charge in [0.05, 0.1) is 23.2 Å². The fourth-order valence-corrected chi connectivity index (χ4v) is 5.60. The van der Waals surface area contributed by atoms with Gasteiger partial charge in [-0.25, -0.2) is 8.42 Å². The molecule has 36 heavy (non-hydrogen) atoms. The van der Waals surface area contributed by atoms with Crippen molar-refractivity contribution in [3.8, 4) is 0 Å². The normalized spacial score (nSPS) is 12.1. The Morgan fingerprint density at radius 1 is 0.889 bits per heavy atom. The van der Waals surface area contributed by atoms with Crippen molar-refractivity contribution >= 4 is 33.2 Å². The summed E-state index contributed by atoms with van der Waals surface area (Å²) < 4.78 is 28.7. The minimum Gasteiger partial charge on any atom is -0.346 e. The van der Waals surface area contributed by atoms with E-state index < -0.39 is 10.0 Å². The zero-order valence-corrected chi connectivity index (χ0v) is 21.6. The zero-order chi connectivity index (χ0) is 25.7. The van der Waals surface area contributed by atoms with Crippen molar-refractivity contribution in [2.45, 2.75) is 31.3 Å². The SMILES string of the molecule is Cc1ccc(Cl)cc1N(Cc1ccc(C(=O)N[C@H](C)c2ccccc2)cc1)S(=O)(=O)c1ccccc1. The number of sulfonamides is 1. The molecule has 0 radical (unpaired) electrons. The highest BCUT2D eigenvalue weighted by Gasteiger charge is 2.26. The van der Waals surface area contributed by atoms with Gasteiger partial charge in [0, 0.05) is 10.6 Å². The fraction of sp³-hybridized carbons (Fsp3) is 0.138. The summed E-state index contributed by atoms with van der Waals surface area (Å²) in [6.07, 6.45) is 0. The van der Waals surface area contributed by atoms with E-state index in [0.717, 1.165) is 16.7 Å². The molecule has 0 aliphatic carbocycles. The van der Waals surface area contributed by atoms with Gasteiger partial charge in [-0.05, 0) is 66.9 Å². The van der Waals surface area contributed by atoms with Gasteiger partial charge < -0.3 is 5.32 Å². The maximum absolute atomic E-state index is 13.7. The third-order valence-corrected chi connectivity index (χ3v) is 7.97. The van der Waals surface area contributed by atoms with Gasteiger partial charge in [0.15, 0.2) is 0 Å². The average molecular weight is 519 g/mol. The van der Waals surface area contributed by atoms with E-state index in [1.165, 1.54) is 4.31 Å². The van der Waals surface area contributed by atoms with Crippen molar-refractivity contribution in [2.24, 2.45) is 0 Å². The number of benzene rings is 4. The average Bonchev–Trinajstić information content (AvgIpc) is 2.90. The number of carbonyl (C=O) groups is 1. The zero-order valence-electron chi connectivity index (χ0n) is 20.1. The molecule has 1 atom stereocenters. The van der Waals surface area contributed by atoms with Crippen LogP contribution in [0.5, 0.6) is 0 Å². The van der Waals surface area contributed by atoms with Crippen molar-refractivity contribution in [1.29, 1.82) is 0 Å². The molecular formula is C29H27ClN2O3S. The summed E-state index contributed by atoms with van der Waals surface area (Å²) in [6.45, 7) is 3.86. The number of rotatable bonds is 8. The molecule has 0 unspecified atom stereocenters. The summed E-state index contributed by atoms with van der Waals surface area (Å²) in [5.41, 5.74) is 3.54. The number of halogens is 1. The molecule has 1 amide bonds. The van der Waals surface area contributed by atoms with Crippen molar-refractivity contribution in [2.75, 3.05) is 4.31 Å². The van der Waals surface area contributed by atoms with Crippen LogP contribution in [0.1, 0.15) is 40.0 Å². The van der Waals surface area contributed by atoms with Crippen LogP contribution in [-0.4, -0.2) is 14.3 Å². The van der Waals surface area contributed by atoms with E-state index in [4.69, 9.17) is 11.6 Å². The molecular weight excluding hydrogens is 492 g/mol. The Bertz CT molecular complexity index is 1440. The van der Waals surface area contributed by atoms with Crippen molar-refractivity contribution < 1.29 is 13.2 Å². The summed E-state index contributed by atoms with van der Waals surface area (Å²) in [6, 6.07) is 30.1. The topological polar surface area (TPSA) is 66.5 Å². The number of anilines is 1. The molecule has 4 aromatic rings. The van der Waals surface area contributed by atoms with E-state index in [0.29, 0.717) is 16.3 Å². The van der Waals surface area contributed by atoms with Gasteiger partial charge in [-0.3, -0.25) is 9.10 Å². The highest BCUT2D eigenvalue weighted by atomic mass is 35.5. The van der Waals surface area contributed by atoms with Crippen molar-refractivity contribution in [3.05, 3.63) is 130 Å². The third-order valence-electron chi connectivity index (χ3n) is 5.96. The van der Waals surface area contributed by atoms with Gasteiger partial charge in [0.1, 0.15) is 0 Å². The Kier molecular flexibility index (Phi) is 7.77. The van der Waals surface area contributed by atoms with Crippen molar-refractivity contribution in [1.82, 2.24) is 5.32 Å². The number of carbonyl (C=O) groups excluding carboxylic acids is 1. The summed E-state index contributed by atoms with van der Waals surface area (Å²) >= 11 is 6.24. The first-order chi connectivity index (χ1) is 17.3. The molecule has 0 heterocycles. The summed E-state index contributed by atoms with van der Waals surface area (Å²) in [5, 5.41) is 3.45. The van der Waals surface area contributed by atoms with E-state index in [2.05, 4.69) is 5.32 Å². The number of nitrogens with one attached hydrogen (secondary N) is 1. The Labute approximate surface area is 217 Å². The number of hydrogen-bond donors (Lipinski definition) is 1. The van der Waals surface area contributed by atoms with Crippen LogP contribution in [0.3, 0.4) is 0 Å². The van der Waals surface area contributed by atoms with Crippen LogP contribution in [0.4, 0.5) is 5.69 Å². The van der Waals surface area contributed by atoms with Gasteiger partial charge in [-0.2, -0.15) is 0 Å². The quantitative estimate of drug-likeness (QED) is 0.288. The van der Waals surface area contributed by atoms with Gasteiger partial charge in [-0.15, -0.1) is 0 Å². The van der Waals surface area contributed by atoms with Gasteiger partial charge in [0.25, 0.3) is 15.9 Å². The van der Waals surface area contributed by atoms with Gasteiger partial charge in [-0.1, -0.05) is 78.3 Å². The minimum absolute atomic E-state index is 0.0841. The molecule has 5 nitrogen and oxygen atoms in total. The predicted molar refractivity (Wildman–Crippen MR) is 145 cm³/mol. The first kappa shape index (κ1) is 25.5. The highest BCUT2D eigenvalue weighted by molar-refractivity contribution is 7.92. The largest absolute Gasteiger partial charge is 0.346 e. The Morgan fingerprint density at radius 3 is 2.14 bits per heavy atom. The fourth-order valence-electron chi connectivity index (χ4n) is 3.90. The number of aryl methyl sites for hydroxylation is 1. The third kappa shape index (κ3) is 5.78. The molecule has 0 fully saturated rings. The molecule has 0 bridgehead atoms. The van der Waals surface area contributed by atoms with Crippen LogP contribution in [0.2, 0.25) is 5.02 Å². The van der Waals surface area contributed by atoms with E-state index in [-0.39, 0.29) is 23.4 Å². The van der Waals surface area contributed by atoms with Crippen LogP contribution in [0.15, 0.2) is 108 Å². The minimum atomic E-state index is -3.87. The second-order valence-corrected chi connectivity index (χ2v) is 10.9. The molecule has 0 spiro atoms. The second kappa shape index (κ2) is 11.0. The maximum Gasteiger partial charge on any atom is 0.264 e. The lowest BCUT2D eigenvalue weighted by Gasteiger charge is -2.26. The first-order valence-corrected chi connectivity index (χ1v) is 13.4. The van der Waals surface area contributed by atoms with E-state index in [9.17, 15) is 13.2 Å². The van der Waals surface area contributed by atoms with E-state index >= 15 is 0 Å². The number of amides is 1. The van der Waals surface area contributed by atoms with Crippen LogP contribution < -0.4 is 9.62 Å². The summed E-state index contributed by atoms with van der Waals surface area (Å²) in [5.74, 6) is -0.197. The second-order valence-electron chi connectivity index (χ2n) is 8.56. The monoisotopic (exact) mass is 518 g/mol. The summed E-state index contributed by atoms with van der Waals surface area (Å²) in [7, 11) is -3.87. The lowest BCUT2D eigenvalue weighted by Crippen LogP contribution is -2.31. The standard InChI is InChI=1S/C29H27ClN2O3S/c1-21-13-18-26(30)19-28(21)32(36(34,35)27-11-7-4-8-12-27)20-23-14-16-25(17-15-23)29(33)31-22(2)24-9-5-3-6-10-24/h3-19,22H,20H2,1-2H3,(H,31,33)/t22-/m1/s1. The molecule has 7 heteroatoms. The Morgan fingerprint density at radius 2 is 1.50 bits per heavy atom. The van der Waals surface area contributed by atoms with Crippen molar-refractivity contribution in [3.63, 3.8) is 0 Å². The van der Waals surface area contributed by atoms with Gasteiger partial charge >= 0.3 is 0 Å². The van der Waals surface area contributed by atoms with Crippen LogP contribution in [0, 0.1) is 6.92 Å². The molecule has 0 aromatic heterocycles. The highest BCUT2D eigenvalue weighted by Crippen LogP contribution is 2.31. The molecule has 4 aromatic carbocycles. The molecule has 0 saturated heterocycles. The molecule has 0 aliphatic rings. The maximum atomic E-state index is 13.7. The van der Waals surface area contributed by atoms with E-state index in [1.807, 2.05) is 44.2 Å². The summed E-state index contributed by atoms with van der Waals surface area (Å²) in [4.78, 5) is 13.0. The molecule has 184 valence electrons. The number of hydrogen-bond acceptors (Lipinski definition) is 3. The van der Waals surface area contributed by atoms with E-state index in [1.54, 1.807) is 72.8 Å². The molecule has 4 rings (SSSR count). The molecule has 1 N–H and O–H groups in total. The Hall–Kier alpha value is -3.61. The lowest BCUT2D eigenvalue weighted by atomic mass is 10.1. The van der Waals surface area contributed by atoms with Gasteiger partial charge in [0.2, 0.25) is 0 Å². The number of nitrogens with zero attached hydrogens (tertiary/aromatic N) is 1. The predicted octanol–water partition coefficient (Wildman–Crippen LogP) is 6.53.